The number of fused-ring (bicyclic) bond motifs is 1. The van der Waals surface area contributed by atoms with E-state index in [4.69, 9.17) is 4.74 Å². The molecule has 0 aliphatic heterocycles. The molecule has 0 amide bonds. The van der Waals surface area contributed by atoms with E-state index in [0.29, 0.717) is 15.1 Å². The van der Waals surface area contributed by atoms with Gasteiger partial charge in [-0.2, -0.15) is 4.73 Å². The van der Waals surface area contributed by atoms with Gasteiger partial charge in [0.1, 0.15) is 17.0 Å². The summed E-state index contributed by atoms with van der Waals surface area (Å²) in [4.78, 5) is 28.6. The number of benzene rings is 1. The van der Waals surface area contributed by atoms with Crippen molar-refractivity contribution in [2.45, 2.75) is 6.61 Å². The number of thiophene rings is 1. The molecule has 8 heteroatoms. The lowest BCUT2D eigenvalue weighted by molar-refractivity contribution is -0.581. The van der Waals surface area contributed by atoms with E-state index in [-0.39, 0.29) is 23.5 Å². The highest BCUT2D eigenvalue weighted by atomic mass is 32.1. The number of rotatable bonds is 4. The lowest BCUT2D eigenvalue weighted by atomic mass is 10.2. The number of esters is 2. The maximum atomic E-state index is 12.5. The number of nitrogens with zero attached hydrogens (tertiary/aromatic N) is 2. The Morgan fingerprint density at radius 2 is 2.00 bits per heavy atom. The van der Waals surface area contributed by atoms with Gasteiger partial charge in [-0.3, -0.25) is 0 Å². The van der Waals surface area contributed by atoms with Crippen molar-refractivity contribution in [2.24, 2.45) is 0 Å². The first-order valence-electron chi connectivity index (χ1n) is 6.92. The molecule has 0 aliphatic rings. The molecular formula is C16H12N2O5S. The zero-order valence-corrected chi connectivity index (χ0v) is 13.4. The van der Waals surface area contributed by atoms with Crippen LogP contribution in [0.3, 0.4) is 0 Å². The molecule has 0 N–H and O–H groups in total. The topological polar surface area (TPSA) is 92.4 Å². The zero-order valence-electron chi connectivity index (χ0n) is 12.6. The summed E-state index contributed by atoms with van der Waals surface area (Å²) in [7, 11) is 1.17. The smallest absolute Gasteiger partial charge is 0.406 e. The predicted octanol–water partition coefficient (Wildman–Crippen LogP) is 2.07. The number of methoxy groups -OCH3 is 1. The van der Waals surface area contributed by atoms with E-state index in [0.717, 1.165) is 0 Å². The van der Waals surface area contributed by atoms with Crippen LogP contribution in [0.2, 0.25) is 0 Å². The lowest BCUT2D eigenvalue weighted by Crippen LogP contribution is -2.38. The quantitative estimate of drug-likeness (QED) is 0.409. The van der Waals surface area contributed by atoms with Gasteiger partial charge < -0.3 is 14.7 Å². The number of para-hydroxylation sites is 2. The minimum Gasteiger partial charge on any atom is -0.618 e. The zero-order chi connectivity index (χ0) is 17.1. The summed E-state index contributed by atoms with van der Waals surface area (Å²) in [5.41, 5.74) is 0.365. The molecule has 7 nitrogen and oxygen atoms in total. The number of carbonyl (C=O) groups is 2. The van der Waals surface area contributed by atoms with E-state index in [1.807, 2.05) is 0 Å². The van der Waals surface area contributed by atoms with Crippen LogP contribution < -0.4 is 4.73 Å². The molecule has 3 rings (SSSR count). The minimum absolute atomic E-state index is 0.0421. The molecule has 0 fully saturated rings. The van der Waals surface area contributed by atoms with Gasteiger partial charge in [0.2, 0.25) is 5.52 Å². The predicted molar refractivity (Wildman–Crippen MR) is 85.5 cm³/mol. The van der Waals surface area contributed by atoms with Crippen LogP contribution in [0, 0.1) is 5.21 Å². The van der Waals surface area contributed by atoms with Gasteiger partial charge in [-0.1, -0.05) is 18.2 Å². The molecule has 0 unspecified atom stereocenters. The van der Waals surface area contributed by atoms with Gasteiger partial charge in [-0.25, -0.2) is 14.6 Å². The fourth-order valence-electron chi connectivity index (χ4n) is 2.16. The third kappa shape index (κ3) is 2.91. The molecule has 0 saturated heterocycles. The summed E-state index contributed by atoms with van der Waals surface area (Å²) in [6, 6.07) is 9.90. The Bertz CT molecular complexity index is 908. The van der Waals surface area contributed by atoms with Crippen LogP contribution in [0.1, 0.15) is 25.9 Å². The molecule has 0 bridgehead atoms. The summed E-state index contributed by atoms with van der Waals surface area (Å²) >= 11 is 1.23. The first-order valence-corrected chi connectivity index (χ1v) is 7.80. The first-order chi connectivity index (χ1) is 11.6. The summed E-state index contributed by atoms with van der Waals surface area (Å²) in [5.74, 6) is -1.39. The molecule has 2 heterocycles. The first kappa shape index (κ1) is 15.9. The number of hydrogen-bond acceptors (Lipinski definition) is 7. The molecule has 0 radical (unpaired) electrons. The molecule has 1 aromatic carbocycles. The van der Waals surface area contributed by atoms with E-state index < -0.39 is 11.9 Å². The molecule has 0 saturated carbocycles. The van der Waals surface area contributed by atoms with Gasteiger partial charge in [0.05, 0.1) is 7.11 Å². The van der Waals surface area contributed by atoms with Crippen LogP contribution in [-0.2, 0) is 16.1 Å². The van der Waals surface area contributed by atoms with Crippen LogP contribution in [0.25, 0.3) is 11.0 Å². The summed E-state index contributed by atoms with van der Waals surface area (Å²) in [6.07, 6.45) is 0. The van der Waals surface area contributed by atoms with E-state index in [1.54, 1.807) is 41.8 Å². The summed E-state index contributed by atoms with van der Waals surface area (Å²) < 4.78 is 10.3. The van der Waals surface area contributed by atoms with Gasteiger partial charge in [0, 0.05) is 6.07 Å². The maximum Gasteiger partial charge on any atom is 0.406 e. The highest BCUT2D eigenvalue weighted by molar-refractivity contribution is 7.11. The van der Waals surface area contributed by atoms with Crippen molar-refractivity contribution >= 4 is 34.3 Å². The van der Waals surface area contributed by atoms with Crippen LogP contribution in [0.4, 0.5) is 0 Å². The molecule has 3 aromatic rings. The van der Waals surface area contributed by atoms with Crippen molar-refractivity contribution < 1.29 is 23.8 Å². The van der Waals surface area contributed by atoms with Gasteiger partial charge in [0.15, 0.2) is 5.69 Å². The summed E-state index contributed by atoms with van der Waals surface area (Å²) in [6.45, 7) is -0.311. The van der Waals surface area contributed by atoms with Crippen LogP contribution in [-0.4, -0.2) is 24.0 Å². The highest BCUT2D eigenvalue weighted by Crippen LogP contribution is 2.15. The van der Waals surface area contributed by atoms with Gasteiger partial charge in [-0.05, 0) is 17.5 Å². The van der Waals surface area contributed by atoms with Crippen LogP contribution in [0.5, 0.6) is 0 Å². The lowest BCUT2D eigenvalue weighted by Gasteiger charge is -2.10. The van der Waals surface area contributed by atoms with Crippen LogP contribution >= 0.6 is 11.3 Å². The van der Waals surface area contributed by atoms with Crippen molar-refractivity contribution in [2.75, 3.05) is 7.11 Å². The van der Waals surface area contributed by atoms with Gasteiger partial charge in [-0.15, -0.1) is 11.3 Å². The Kier molecular flexibility index (Phi) is 4.39. The van der Waals surface area contributed by atoms with Crippen LogP contribution in [0.15, 0.2) is 41.8 Å². The molecule has 122 valence electrons. The second-order valence-corrected chi connectivity index (χ2v) is 5.68. The fourth-order valence-corrected chi connectivity index (χ4v) is 2.78. The fraction of sp³-hybridized carbons (Fsp3) is 0.125. The normalized spacial score (nSPS) is 10.5. The van der Waals surface area contributed by atoms with Gasteiger partial charge in [0.25, 0.3) is 0 Å². The standard InChI is InChI=1S/C16H12N2O5S/c1-22-16(20)14-11(9-23-15(19)13-7-4-8-24-13)17-10-5-2-3-6-12(10)18(14)21/h2-8H,9H2,1H3. The SMILES string of the molecule is COC(=O)c1c(COC(=O)c2cccs2)nc2ccccc2[n+]1[O-]. The second kappa shape index (κ2) is 6.63. The molecule has 0 aliphatic carbocycles. The van der Waals surface area contributed by atoms with E-state index in [1.165, 1.54) is 18.4 Å². The van der Waals surface area contributed by atoms with Crippen molar-refractivity contribution in [3.05, 3.63) is 63.3 Å². The average molecular weight is 344 g/mol. The number of carbonyl (C=O) groups excluding carboxylic acids is 2. The third-order valence-corrected chi connectivity index (χ3v) is 4.12. The average Bonchev–Trinajstić information content (AvgIpc) is 3.14. The molecule has 2 aromatic heterocycles. The maximum absolute atomic E-state index is 12.5. The minimum atomic E-state index is -0.842. The van der Waals surface area contributed by atoms with E-state index >= 15 is 0 Å². The Balaban J connectivity index is 1.99. The Morgan fingerprint density at radius 1 is 1.21 bits per heavy atom. The number of aromatic nitrogens is 2. The molecular weight excluding hydrogens is 332 g/mol. The number of hydrogen-bond donors (Lipinski definition) is 0. The van der Waals surface area contributed by atoms with Gasteiger partial charge >= 0.3 is 17.6 Å². The monoisotopic (exact) mass is 344 g/mol. The van der Waals surface area contributed by atoms with E-state index in [9.17, 15) is 14.8 Å². The highest BCUT2D eigenvalue weighted by Gasteiger charge is 2.27. The number of ether oxygens (including phenoxy) is 2. The molecule has 24 heavy (non-hydrogen) atoms. The second-order valence-electron chi connectivity index (χ2n) is 4.74. The Morgan fingerprint density at radius 3 is 2.71 bits per heavy atom. The third-order valence-electron chi connectivity index (χ3n) is 3.27. The summed E-state index contributed by atoms with van der Waals surface area (Å²) in [5, 5.41) is 14.2. The van der Waals surface area contributed by atoms with E-state index in [2.05, 4.69) is 9.72 Å². The van der Waals surface area contributed by atoms with Crippen molar-refractivity contribution in [3.8, 4) is 0 Å². The molecule has 0 spiro atoms. The Hall–Kier alpha value is -3.00. The van der Waals surface area contributed by atoms with Crippen molar-refractivity contribution in [3.63, 3.8) is 0 Å². The largest absolute Gasteiger partial charge is 0.618 e. The molecule has 0 atom stereocenters. The van der Waals surface area contributed by atoms with Crippen molar-refractivity contribution in [1.82, 2.24) is 4.98 Å². The Labute approximate surface area is 140 Å². The van der Waals surface area contributed by atoms with Crippen molar-refractivity contribution in [1.29, 1.82) is 0 Å².